The average Bonchev–Trinajstić information content (AvgIpc) is 2.93. The first-order valence-electron chi connectivity index (χ1n) is 11.4. The molecule has 0 aliphatic carbocycles. The molecule has 2 N–H and O–H groups in total. The number of anilines is 1. The Kier molecular flexibility index (Phi) is 9.32. The molecular formula is C29H21Cl2N3O3S. The number of rotatable bonds is 9. The molecule has 6 nitrogen and oxygen atoms in total. The molecule has 0 aliphatic rings. The number of ketones is 1. The summed E-state index contributed by atoms with van der Waals surface area (Å²) in [6, 6.07) is 24.0. The smallest absolute Gasteiger partial charge is 0.272 e. The average molecular weight is 562 g/mol. The van der Waals surface area contributed by atoms with Gasteiger partial charge in [-0.2, -0.15) is 0 Å². The molecule has 1 aromatic heterocycles. The number of aromatic nitrogens is 1. The zero-order valence-corrected chi connectivity index (χ0v) is 22.2. The fourth-order valence-corrected chi connectivity index (χ4v) is 4.64. The van der Waals surface area contributed by atoms with Crippen molar-refractivity contribution in [2.75, 3.05) is 11.1 Å². The molecule has 0 radical (unpaired) electrons. The quantitative estimate of drug-likeness (QED) is 0.134. The number of hydrogen-bond acceptors (Lipinski definition) is 5. The topological polar surface area (TPSA) is 88.2 Å². The molecule has 4 aromatic rings. The number of hydrogen-bond donors (Lipinski definition) is 2. The third-order valence-electron chi connectivity index (χ3n) is 5.24. The Labute approximate surface area is 234 Å². The van der Waals surface area contributed by atoms with Crippen molar-refractivity contribution in [3.05, 3.63) is 130 Å². The fraction of sp³-hybridized carbons (Fsp3) is 0.0345. The highest BCUT2D eigenvalue weighted by molar-refractivity contribution is 8.00. The Morgan fingerprint density at radius 1 is 0.895 bits per heavy atom. The van der Waals surface area contributed by atoms with Gasteiger partial charge in [-0.1, -0.05) is 47.5 Å². The molecule has 0 atom stereocenters. The van der Waals surface area contributed by atoms with Gasteiger partial charge in [-0.15, -0.1) is 11.8 Å². The van der Waals surface area contributed by atoms with Crippen molar-refractivity contribution in [2.45, 2.75) is 4.90 Å². The van der Waals surface area contributed by atoms with E-state index < -0.39 is 11.8 Å². The number of carbonyl (C=O) groups is 3. The van der Waals surface area contributed by atoms with Crippen LogP contribution in [0.15, 0.2) is 108 Å². The first kappa shape index (κ1) is 27.1. The minimum Gasteiger partial charge on any atom is -0.321 e. The van der Waals surface area contributed by atoms with Crippen LogP contribution < -0.4 is 10.6 Å². The van der Waals surface area contributed by atoms with Gasteiger partial charge in [0.1, 0.15) is 5.70 Å². The molecule has 0 saturated carbocycles. The Morgan fingerprint density at radius 3 is 2.34 bits per heavy atom. The number of amides is 2. The van der Waals surface area contributed by atoms with Crippen LogP contribution in [0.3, 0.4) is 0 Å². The fourth-order valence-electron chi connectivity index (χ4n) is 3.35. The molecule has 0 fully saturated rings. The number of halogens is 2. The lowest BCUT2D eigenvalue weighted by molar-refractivity contribution is -0.113. The molecule has 190 valence electrons. The SMILES string of the molecule is O=C(Nc1ccc(SCC(=O)c2ccc(Cl)cc2Cl)cc1)/C(=C/c1cccnc1)NC(=O)c1ccccc1. The van der Waals surface area contributed by atoms with E-state index in [4.69, 9.17) is 23.2 Å². The standard InChI is InChI=1S/C29H21Cl2N3O3S/c30-21-8-13-24(25(31)16-21)27(35)18-38-23-11-9-22(10-12-23)33-29(37)26(15-19-5-4-14-32-17-19)34-28(36)20-6-2-1-3-7-20/h1-17H,18H2,(H,33,37)(H,34,36)/b26-15-. The number of pyridine rings is 1. The number of carbonyl (C=O) groups excluding carboxylic acids is 3. The molecule has 3 aromatic carbocycles. The van der Waals surface area contributed by atoms with E-state index in [1.54, 1.807) is 97.3 Å². The van der Waals surface area contributed by atoms with Crippen LogP contribution in [0.2, 0.25) is 10.0 Å². The van der Waals surface area contributed by atoms with Crippen molar-refractivity contribution in [2.24, 2.45) is 0 Å². The Bertz CT molecular complexity index is 1480. The van der Waals surface area contributed by atoms with Crippen LogP contribution in [0.5, 0.6) is 0 Å². The normalized spacial score (nSPS) is 11.1. The second-order valence-electron chi connectivity index (χ2n) is 7.98. The predicted octanol–water partition coefficient (Wildman–Crippen LogP) is 6.77. The minimum absolute atomic E-state index is 0.0655. The van der Waals surface area contributed by atoms with Gasteiger partial charge < -0.3 is 10.6 Å². The van der Waals surface area contributed by atoms with Gasteiger partial charge in [0.05, 0.1) is 10.8 Å². The van der Waals surface area contributed by atoms with E-state index in [-0.39, 0.29) is 17.2 Å². The van der Waals surface area contributed by atoms with Gasteiger partial charge in [-0.05, 0) is 72.3 Å². The van der Waals surface area contributed by atoms with Crippen molar-refractivity contribution in [1.29, 1.82) is 0 Å². The summed E-state index contributed by atoms with van der Waals surface area (Å²) in [5, 5.41) is 6.28. The van der Waals surface area contributed by atoms with E-state index in [0.29, 0.717) is 32.4 Å². The van der Waals surface area contributed by atoms with Gasteiger partial charge in [0.25, 0.3) is 11.8 Å². The minimum atomic E-state index is -0.494. The second kappa shape index (κ2) is 13.1. The lowest BCUT2D eigenvalue weighted by Crippen LogP contribution is -2.30. The number of nitrogens with one attached hydrogen (secondary N) is 2. The van der Waals surface area contributed by atoms with Crippen LogP contribution in [0.25, 0.3) is 6.08 Å². The maximum absolute atomic E-state index is 13.1. The van der Waals surface area contributed by atoms with Crippen LogP contribution in [0.4, 0.5) is 5.69 Å². The lowest BCUT2D eigenvalue weighted by Gasteiger charge is -2.12. The van der Waals surface area contributed by atoms with Crippen molar-refractivity contribution < 1.29 is 14.4 Å². The summed E-state index contributed by atoms with van der Waals surface area (Å²) in [5.74, 6) is -0.830. The van der Waals surface area contributed by atoms with Crippen molar-refractivity contribution in [1.82, 2.24) is 10.3 Å². The van der Waals surface area contributed by atoms with Crippen molar-refractivity contribution >= 4 is 64.3 Å². The van der Waals surface area contributed by atoms with Crippen molar-refractivity contribution in [3.8, 4) is 0 Å². The molecule has 0 saturated heterocycles. The van der Waals surface area contributed by atoms with E-state index in [0.717, 1.165) is 4.90 Å². The van der Waals surface area contributed by atoms with E-state index >= 15 is 0 Å². The summed E-state index contributed by atoms with van der Waals surface area (Å²) in [7, 11) is 0. The molecule has 4 rings (SSSR count). The lowest BCUT2D eigenvalue weighted by atomic mass is 10.1. The predicted molar refractivity (Wildman–Crippen MR) is 153 cm³/mol. The number of thioether (sulfide) groups is 1. The zero-order chi connectivity index (χ0) is 26.9. The molecule has 1 heterocycles. The first-order valence-corrected chi connectivity index (χ1v) is 13.1. The molecular weight excluding hydrogens is 541 g/mol. The van der Waals surface area contributed by atoms with Crippen LogP contribution in [0.1, 0.15) is 26.3 Å². The number of nitrogens with zero attached hydrogens (tertiary/aromatic N) is 1. The van der Waals surface area contributed by atoms with Gasteiger partial charge in [-0.3, -0.25) is 19.4 Å². The van der Waals surface area contributed by atoms with E-state index in [9.17, 15) is 14.4 Å². The van der Waals surface area contributed by atoms with Gasteiger partial charge >= 0.3 is 0 Å². The second-order valence-corrected chi connectivity index (χ2v) is 9.87. The summed E-state index contributed by atoms with van der Waals surface area (Å²) in [4.78, 5) is 43.3. The van der Waals surface area contributed by atoms with Crippen LogP contribution in [-0.4, -0.2) is 28.3 Å². The van der Waals surface area contributed by atoms with Gasteiger partial charge in [-0.25, -0.2) is 0 Å². The third kappa shape index (κ3) is 7.55. The first-order chi connectivity index (χ1) is 18.4. The molecule has 0 spiro atoms. The van der Waals surface area contributed by atoms with Crippen molar-refractivity contribution in [3.63, 3.8) is 0 Å². The third-order valence-corrected chi connectivity index (χ3v) is 6.80. The van der Waals surface area contributed by atoms with Crippen LogP contribution in [-0.2, 0) is 4.79 Å². The van der Waals surface area contributed by atoms with Gasteiger partial charge in [0, 0.05) is 39.1 Å². The monoisotopic (exact) mass is 561 g/mol. The molecule has 0 unspecified atom stereocenters. The van der Waals surface area contributed by atoms with Crippen LogP contribution in [0, 0.1) is 0 Å². The summed E-state index contributed by atoms with van der Waals surface area (Å²) >= 11 is 13.4. The number of benzene rings is 3. The molecule has 0 aliphatic heterocycles. The Morgan fingerprint density at radius 2 is 1.66 bits per heavy atom. The maximum atomic E-state index is 13.1. The van der Waals surface area contributed by atoms with E-state index in [1.165, 1.54) is 17.8 Å². The summed E-state index contributed by atoms with van der Waals surface area (Å²) < 4.78 is 0. The van der Waals surface area contributed by atoms with Gasteiger partial charge in [0.15, 0.2) is 5.78 Å². The highest BCUT2D eigenvalue weighted by Gasteiger charge is 2.16. The highest BCUT2D eigenvalue weighted by atomic mass is 35.5. The highest BCUT2D eigenvalue weighted by Crippen LogP contribution is 2.25. The molecule has 2 amide bonds. The van der Waals surface area contributed by atoms with Gasteiger partial charge in [0.2, 0.25) is 0 Å². The largest absolute Gasteiger partial charge is 0.321 e. The summed E-state index contributed by atoms with van der Waals surface area (Å²) in [5.41, 5.74) is 2.09. The Hall–Kier alpha value is -3.91. The molecule has 0 bridgehead atoms. The zero-order valence-electron chi connectivity index (χ0n) is 19.9. The summed E-state index contributed by atoms with van der Waals surface area (Å²) in [6.07, 6.45) is 4.77. The van der Waals surface area contributed by atoms with E-state index in [2.05, 4.69) is 15.6 Å². The Balaban J connectivity index is 1.42. The summed E-state index contributed by atoms with van der Waals surface area (Å²) in [6.45, 7) is 0. The van der Waals surface area contributed by atoms with Crippen LogP contribution >= 0.6 is 35.0 Å². The number of Topliss-reactive ketones (excluding diaryl/α,β-unsaturated/α-hetero) is 1. The molecule has 9 heteroatoms. The van der Waals surface area contributed by atoms with E-state index in [1.807, 2.05) is 0 Å². The molecule has 38 heavy (non-hydrogen) atoms. The maximum Gasteiger partial charge on any atom is 0.272 e.